The van der Waals surface area contributed by atoms with Crippen molar-refractivity contribution in [1.82, 2.24) is 0 Å². The van der Waals surface area contributed by atoms with Crippen molar-refractivity contribution < 1.29 is 31.4 Å². The maximum absolute atomic E-state index is 10.7. The summed E-state index contributed by atoms with van der Waals surface area (Å²) in [6, 6.07) is 9.75. The molecule has 0 spiro atoms. The molecule has 130 valence electrons. The van der Waals surface area contributed by atoms with Gasteiger partial charge in [0, 0.05) is 19.4 Å². The lowest BCUT2D eigenvalue weighted by molar-refractivity contribution is -0.246. The molecule has 2 rings (SSSR count). The molecule has 1 aliphatic rings. The minimum Gasteiger partial charge on any atom is -0.373 e. The summed E-state index contributed by atoms with van der Waals surface area (Å²) < 4.78 is 51.3. The summed E-state index contributed by atoms with van der Waals surface area (Å²) in [7, 11) is -2.98. The first-order valence-corrected chi connectivity index (χ1v) is 8.71. The average molecular weight is 346 g/mol. The SMILES string of the molecule is CO[C@@H]1OC(COS(=O)(=O)O)C[C@H](OCc2ccccc2)C1C. The van der Waals surface area contributed by atoms with Crippen molar-refractivity contribution in [1.29, 1.82) is 0 Å². The molecule has 0 aromatic heterocycles. The van der Waals surface area contributed by atoms with Crippen molar-refractivity contribution in [3.8, 4) is 0 Å². The van der Waals surface area contributed by atoms with Gasteiger partial charge in [0.25, 0.3) is 0 Å². The Morgan fingerprint density at radius 1 is 1.30 bits per heavy atom. The zero-order valence-corrected chi connectivity index (χ0v) is 13.9. The molecule has 0 amide bonds. The Morgan fingerprint density at radius 3 is 2.61 bits per heavy atom. The van der Waals surface area contributed by atoms with Crippen molar-refractivity contribution >= 4 is 10.4 Å². The molecule has 1 N–H and O–H groups in total. The second kappa shape index (κ2) is 8.18. The number of ether oxygens (including phenoxy) is 3. The van der Waals surface area contributed by atoms with Crippen LogP contribution in [0.15, 0.2) is 30.3 Å². The van der Waals surface area contributed by atoms with E-state index in [1.165, 1.54) is 7.11 Å². The van der Waals surface area contributed by atoms with Crippen molar-refractivity contribution in [3.63, 3.8) is 0 Å². The second-order valence-corrected chi connectivity index (χ2v) is 6.60. The second-order valence-electron chi connectivity index (χ2n) is 5.50. The van der Waals surface area contributed by atoms with Gasteiger partial charge in [0.2, 0.25) is 0 Å². The molecule has 7 nitrogen and oxygen atoms in total. The summed E-state index contributed by atoms with van der Waals surface area (Å²) in [5.74, 6) is -0.0225. The Kier molecular flexibility index (Phi) is 6.51. The van der Waals surface area contributed by atoms with E-state index in [-0.39, 0.29) is 18.6 Å². The maximum Gasteiger partial charge on any atom is 0.397 e. The minimum absolute atomic E-state index is 0.0225. The Morgan fingerprint density at radius 2 is 2.00 bits per heavy atom. The van der Waals surface area contributed by atoms with Crippen molar-refractivity contribution in [3.05, 3.63) is 35.9 Å². The largest absolute Gasteiger partial charge is 0.397 e. The monoisotopic (exact) mass is 346 g/mol. The standard InChI is InChI=1S/C15H22O7S/c1-11-14(20-9-12-6-4-3-5-7-12)8-13(22-15(11)19-2)10-21-23(16,17)18/h3-7,11,13-15H,8-10H2,1-2H3,(H,16,17,18)/t11?,13?,14-,15+/m0/s1. The summed E-state index contributed by atoms with van der Waals surface area (Å²) in [5.41, 5.74) is 1.05. The quantitative estimate of drug-likeness (QED) is 0.753. The van der Waals surface area contributed by atoms with E-state index in [4.69, 9.17) is 18.8 Å². The van der Waals surface area contributed by atoms with E-state index in [0.717, 1.165) is 5.56 Å². The smallest absolute Gasteiger partial charge is 0.373 e. The van der Waals surface area contributed by atoms with Crippen molar-refractivity contribution in [2.45, 2.75) is 38.4 Å². The normalized spacial score (nSPS) is 28.7. The zero-order chi connectivity index (χ0) is 16.9. The van der Waals surface area contributed by atoms with Gasteiger partial charge in [-0.1, -0.05) is 37.3 Å². The molecule has 0 radical (unpaired) electrons. The fourth-order valence-electron chi connectivity index (χ4n) is 2.55. The van der Waals surface area contributed by atoms with E-state index in [1.54, 1.807) is 0 Å². The third-order valence-corrected chi connectivity index (χ3v) is 4.21. The molecule has 8 heteroatoms. The molecule has 1 aromatic carbocycles. The Balaban J connectivity index is 1.95. The van der Waals surface area contributed by atoms with Crippen molar-refractivity contribution in [2.75, 3.05) is 13.7 Å². The number of hydrogen-bond donors (Lipinski definition) is 1. The number of rotatable bonds is 7. The van der Waals surface area contributed by atoms with E-state index < -0.39 is 22.8 Å². The summed E-state index contributed by atoms with van der Waals surface area (Å²) in [5, 5.41) is 0. The molecule has 2 unspecified atom stereocenters. The van der Waals surface area contributed by atoms with Gasteiger partial charge in [-0.3, -0.25) is 4.55 Å². The zero-order valence-electron chi connectivity index (χ0n) is 13.1. The summed E-state index contributed by atoms with van der Waals surface area (Å²) in [6.45, 7) is 2.11. The van der Waals surface area contributed by atoms with Gasteiger partial charge in [0.1, 0.15) is 0 Å². The van der Waals surface area contributed by atoms with Crippen LogP contribution in [0.1, 0.15) is 18.9 Å². The summed E-state index contributed by atoms with van der Waals surface area (Å²) in [6.07, 6.45) is -0.800. The molecule has 0 bridgehead atoms. The Hall–Kier alpha value is -1.03. The van der Waals surface area contributed by atoms with E-state index in [0.29, 0.717) is 13.0 Å². The lowest BCUT2D eigenvalue weighted by Crippen LogP contribution is -2.46. The van der Waals surface area contributed by atoms with E-state index in [2.05, 4.69) is 4.18 Å². The third kappa shape index (κ3) is 5.83. The highest BCUT2D eigenvalue weighted by molar-refractivity contribution is 7.80. The van der Waals surface area contributed by atoms with Gasteiger partial charge in [-0.15, -0.1) is 0 Å². The first-order valence-electron chi connectivity index (χ1n) is 7.34. The summed E-state index contributed by atoms with van der Waals surface area (Å²) >= 11 is 0. The number of hydrogen-bond acceptors (Lipinski definition) is 6. The van der Waals surface area contributed by atoms with E-state index in [9.17, 15) is 8.42 Å². The Labute approximate surface area is 136 Å². The highest BCUT2D eigenvalue weighted by atomic mass is 32.3. The molecule has 23 heavy (non-hydrogen) atoms. The molecule has 1 saturated heterocycles. The molecule has 1 heterocycles. The first-order chi connectivity index (χ1) is 10.9. The molecule has 1 aliphatic heterocycles. The van der Waals surface area contributed by atoms with Crippen LogP contribution >= 0.6 is 0 Å². The predicted molar refractivity (Wildman–Crippen MR) is 82.0 cm³/mol. The molecule has 1 aromatic rings. The lowest BCUT2D eigenvalue weighted by atomic mass is 9.95. The predicted octanol–water partition coefficient (Wildman–Crippen LogP) is 1.79. The van der Waals surface area contributed by atoms with Crippen molar-refractivity contribution in [2.24, 2.45) is 5.92 Å². The minimum atomic E-state index is -4.50. The van der Waals surface area contributed by atoms with Crippen LogP contribution < -0.4 is 0 Å². The third-order valence-electron chi connectivity index (χ3n) is 3.78. The fraction of sp³-hybridized carbons (Fsp3) is 0.600. The lowest BCUT2D eigenvalue weighted by Gasteiger charge is -2.39. The molecule has 0 aliphatic carbocycles. The number of benzene rings is 1. The van der Waals surface area contributed by atoms with Crippen LogP contribution in [0.5, 0.6) is 0 Å². The first kappa shape index (κ1) is 18.3. The summed E-state index contributed by atoms with van der Waals surface area (Å²) in [4.78, 5) is 0. The van der Waals surface area contributed by atoms with Crippen LogP contribution in [-0.4, -0.2) is 45.2 Å². The topological polar surface area (TPSA) is 91.3 Å². The van der Waals surface area contributed by atoms with E-state index >= 15 is 0 Å². The van der Waals surface area contributed by atoms with Gasteiger partial charge in [0.05, 0.1) is 25.4 Å². The van der Waals surface area contributed by atoms with Crippen LogP contribution in [0.2, 0.25) is 0 Å². The molecule has 4 atom stereocenters. The highest BCUT2D eigenvalue weighted by Crippen LogP contribution is 2.29. The van der Waals surface area contributed by atoms with Gasteiger partial charge >= 0.3 is 10.4 Å². The fourth-order valence-corrected chi connectivity index (χ4v) is 2.88. The van der Waals surface area contributed by atoms with Gasteiger partial charge < -0.3 is 14.2 Å². The van der Waals surface area contributed by atoms with Gasteiger partial charge in [-0.2, -0.15) is 8.42 Å². The Bertz CT molecular complexity index is 575. The van der Waals surface area contributed by atoms with Gasteiger partial charge in [-0.25, -0.2) is 4.18 Å². The van der Waals surface area contributed by atoms with Crippen LogP contribution in [-0.2, 0) is 35.4 Å². The van der Waals surface area contributed by atoms with Crippen LogP contribution in [0, 0.1) is 5.92 Å². The van der Waals surface area contributed by atoms with Gasteiger partial charge in [-0.05, 0) is 5.56 Å². The molecule has 1 fully saturated rings. The van der Waals surface area contributed by atoms with Gasteiger partial charge in [0.15, 0.2) is 6.29 Å². The van der Waals surface area contributed by atoms with E-state index in [1.807, 2.05) is 37.3 Å². The molecular weight excluding hydrogens is 324 g/mol. The maximum atomic E-state index is 10.7. The highest BCUT2D eigenvalue weighted by Gasteiger charge is 2.37. The van der Waals surface area contributed by atoms with Crippen LogP contribution in [0.4, 0.5) is 0 Å². The average Bonchev–Trinajstić information content (AvgIpc) is 2.53. The van der Waals surface area contributed by atoms with Crippen LogP contribution in [0.25, 0.3) is 0 Å². The molecule has 0 saturated carbocycles. The van der Waals surface area contributed by atoms with Crippen LogP contribution in [0.3, 0.4) is 0 Å². The number of methoxy groups -OCH3 is 1. The molecular formula is C15H22O7S.